The van der Waals surface area contributed by atoms with E-state index in [1.165, 1.54) is 65.3 Å². The molecular formula is C32H25N6O8+. The first kappa shape index (κ1) is 29.6. The maximum Gasteiger partial charge on any atom is 0.355 e. The first-order chi connectivity index (χ1) is 22.2. The Hall–Kier alpha value is -6.44. The quantitative estimate of drug-likeness (QED) is 0.122. The molecule has 2 aliphatic heterocycles. The smallest absolute Gasteiger partial charge is 0.355 e. The van der Waals surface area contributed by atoms with Crippen LogP contribution in [0.3, 0.4) is 0 Å². The van der Waals surface area contributed by atoms with E-state index in [1.807, 2.05) is 6.07 Å². The Morgan fingerprint density at radius 2 is 1.24 bits per heavy atom. The van der Waals surface area contributed by atoms with Crippen LogP contribution >= 0.6 is 0 Å². The van der Waals surface area contributed by atoms with Gasteiger partial charge in [0.25, 0.3) is 22.7 Å². The standard InChI is InChI=1S/C32H25N6O8/c1-45-29(39)27-28(30(40)46-2)35(23-9-5-3-6-10-23)32(22-15-19-26(20-16-22)38(43)44)31(27,21-13-17-25(18-14-21)37(41)42)33-36(34-32)24-11-7-4-8-12-24/h3-20H,1-2H3,(H,33,34)/q+1/t31-,32+/m0/s1. The molecule has 0 bridgehead atoms. The summed E-state index contributed by atoms with van der Waals surface area (Å²) in [7, 11) is 2.33. The summed E-state index contributed by atoms with van der Waals surface area (Å²) in [6.07, 6.45) is 0. The Balaban J connectivity index is 1.82. The van der Waals surface area contributed by atoms with Crippen molar-refractivity contribution in [2.24, 2.45) is 5.11 Å². The molecular weight excluding hydrogens is 596 g/mol. The van der Waals surface area contributed by atoms with E-state index < -0.39 is 33.0 Å². The number of carbonyl (C=O) groups is 2. The normalized spacial score (nSPS) is 20.0. The molecule has 14 heteroatoms. The minimum Gasteiger partial charge on any atom is -0.466 e. The molecule has 1 N–H and O–H groups in total. The number of esters is 2. The van der Waals surface area contributed by atoms with E-state index in [-0.39, 0.29) is 22.6 Å². The molecule has 4 aromatic rings. The van der Waals surface area contributed by atoms with Gasteiger partial charge in [0.05, 0.1) is 24.1 Å². The predicted octanol–water partition coefficient (Wildman–Crippen LogP) is 4.99. The number of rotatable bonds is 8. The van der Waals surface area contributed by atoms with E-state index in [0.717, 1.165) is 7.11 Å². The molecule has 2 heterocycles. The average Bonchev–Trinajstić information content (AvgIpc) is 3.57. The third-order valence-electron chi connectivity index (χ3n) is 7.98. The second-order valence-electron chi connectivity index (χ2n) is 10.3. The zero-order valence-corrected chi connectivity index (χ0v) is 24.4. The number of hydrazine groups is 1. The number of fused-ring (bicyclic) bond motifs is 1. The fourth-order valence-corrected chi connectivity index (χ4v) is 6.06. The lowest BCUT2D eigenvalue weighted by molar-refractivity contribution is -0.567. The second kappa shape index (κ2) is 11.2. The molecule has 0 saturated carbocycles. The van der Waals surface area contributed by atoms with Crippen molar-refractivity contribution in [2.45, 2.75) is 11.2 Å². The highest BCUT2D eigenvalue weighted by Gasteiger charge is 2.77. The number of carbonyl (C=O) groups excluding carboxylic acids is 2. The predicted molar refractivity (Wildman–Crippen MR) is 161 cm³/mol. The van der Waals surface area contributed by atoms with Crippen LogP contribution in [0.15, 0.2) is 126 Å². The third kappa shape index (κ3) is 4.26. The van der Waals surface area contributed by atoms with Gasteiger partial charge in [0.2, 0.25) is 5.54 Å². The first-order valence-corrected chi connectivity index (χ1v) is 13.8. The summed E-state index contributed by atoms with van der Waals surface area (Å²) < 4.78 is 10.5. The number of azo groups is 1. The summed E-state index contributed by atoms with van der Waals surface area (Å²) in [5.41, 5.74) is 0.390. The largest absolute Gasteiger partial charge is 0.466 e. The lowest BCUT2D eigenvalue weighted by Gasteiger charge is -2.40. The second-order valence-corrected chi connectivity index (χ2v) is 10.3. The number of nitro groups is 2. The van der Waals surface area contributed by atoms with E-state index in [9.17, 15) is 29.8 Å². The fourth-order valence-electron chi connectivity index (χ4n) is 6.06. The number of methoxy groups -OCH3 is 2. The van der Waals surface area contributed by atoms with Gasteiger partial charge in [-0.25, -0.2) is 9.59 Å². The number of nitro benzene ring substituents is 2. The van der Waals surface area contributed by atoms with E-state index in [0.29, 0.717) is 22.5 Å². The van der Waals surface area contributed by atoms with Gasteiger partial charge in [-0.05, 0) is 42.0 Å². The minimum absolute atomic E-state index is 0.203. The third-order valence-corrected chi connectivity index (χ3v) is 7.98. The van der Waals surface area contributed by atoms with Crippen molar-refractivity contribution in [3.63, 3.8) is 0 Å². The van der Waals surface area contributed by atoms with Gasteiger partial charge in [-0.1, -0.05) is 36.4 Å². The molecule has 0 saturated heterocycles. The number of non-ortho nitro benzene ring substituents is 2. The number of para-hydroxylation sites is 2. The number of benzene rings is 4. The summed E-state index contributed by atoms with van der Waals surface area (Å²) in [4.78, 5) is 53.1. The molecule has 0 aromatic heterocycles. The topological polar surface area (TPSA) is 170 Å². The number of ether oxygens (including phenoxy) is 2. The van der Waals surface area contributed by atoms with Crippen molar-refractivity contribution in [3.05, 3.63) is 152 Å². The Morgan fingerprint density at radius 1 is 0.739 bits per heavy atom. The summed E-state index contributed by atoms with van der Waals surface area (Å²) in [5.74, 6) is -1.81. The van der Waals surface area contributed by atoms with E-state index in [2.05, 4.69) is 5.43 Å². The van der Waals surface area contributed by atoms with Gasteiger partial charge in [-0.15, -0.1) is 5.43 Å². The molecule has 4 aromatic carbocycles. The van der Waals surface area contributed by atoms with Crippen LogP contribution < -0.4 is 10.3 Å². The lowest BCUT2D eigenvalue weighted by atomic mass is 9.72. The number of hydrogen-bond donors (Lipinski definition) is 1. The molecule has 14 nitrogen and oxygen atoms in total. The van der Waals surface area contributed by atoms with Crippen molar-refractivity contribution in [1.82, 2.24) is 5.43 Å². The van der Waals surface area contributed by atoms with Crippen molar-refractivity contribution >= 4 is 34.7 Å². The molecule has 0 radical (unpaired) electrons. The number of anilines is 1. The Labute approximate surface area is 261 Å². The monoisotopic (exact) mass is 621 g/mol. The van der Waals surface area contributed by atoms with Crippen LogP contribution in [0.25, 0.3) is 0 Å². The summed E-state index contributed by atoms with van der Waals surface area (Å²) >= 11 is 0. The summed E-state index contributed by atoms with van der Waals surface area (Å²) in [6.45, 7) is 0. The van der Waals surface area contributed by atoms with E-state index in [4.69, 9.17) is 14.6 Å². The minimum atomic E-state index is -1.85. The summed E-state index contributed by atoms with van der Waals surface area (Å²) in [5, 5.41) is 28.5. The van der Waals surface area contributed by atoms with Gasteiger partial charge in [0.15, 0.2) is 0 Å². The molecule has 230 valence electrons. The van der Waals surface area contributed by atoms with Gasteiger partial charge >= 0.3 is 11.9 Å². The number of nitrogens with zero attached hydrogens (tertiary/aromatic N) is 5. The van der Waals surface area contributed by atoms with Crippen molar-refractivity contribution in [3.8, 4) is 0 Å². The molecule has 46 heavy (non-hydrogen) atoms. The molecule has 0 fully saturated rings. The SMILES string of the molecule is COC(=O)C1=C(C(=O)OC)[C@]2(c3ccc([N+](=O)[O-])cc3)N[N+](c3ccccc3)=N[C@]2(c2ccc([N+](=O)[O-])cc2)N1c1ccccc1. The Morgan fingerprint density at radius 3 is 1.74 bits per heavy atom. The highest BCUT2D eigenvalue weighted by atomic mass is 16.6. The maximum absolute atomic E-state index is 14.1. The molecule has 0 amide bonds. The molecule has 0 spiro atoms. The van der Waals surface area contributed by atoms with Crippen molar-refractivity contribution < 1.29 is 33.7 Å². The maximum atomic E-state index is 14.1. The Kier molecular flexibility index (Phi) is 7.24. The van der Waals surface area contributed by atoms with Gasteiger partial charge in [0, 0.05) is 57.6 Å². The molecule has 6 rings (SSSR count). The van der Waals surface area contributed by atoms with Crippen molar-refractivity contribution in [1.29, 1.82) is 0 Å². The van der Waals surface area contributed by atoms with Crippen LogP contribution in [0.2, 0.25) is 0 Å². The van der Waals surface area contributed by atoms with Gasteiger partial charge in [0.1, 0.15) is 11.3 Å². The zero-order chi connectivity index (χ0) is 32.6. The van der Waals surface area contributed by atoms with Crippen molar-refractivity contribution in [2.75, 3.05) is 19.1 Å². The summed E-state index contributed by atoms with van der Waals surface area (Å²) in [6, 6.07) is 28.6. The molecule has 0 aliphatic carbocycles. The first-order valence-electron chi connectivity index (χ1n) is 13.8. The van der Waals surface area contributed by atoms with Gasteiger partial charge in [-0.3, -0.25) is 25.1 Å². The van der Waals surface area contributed by atoms with E-state index >= 15 is 0 Å². The fraction of sp³-hybridized carbons (Fsp3) is 0.125. The van der Waals surface area contributed by atoms with Crippen LogP contribution in [0.1, 0.15) is 11.1 Å². The van der Waals surface area contributed by atoms with Gasteiger partial charge in [-0.2, -0.15) is 0 Å². The van der Waals surface area contributed by atoms with E-state index in [1.54, 1.807) is 54.6 Å². The van der Waals surface area contributed by atoms with Gasteiger partial charge < -0.3 is 9.47 Å². The Bertz CT molecular complexity index is 1930. The molecule has 2 atom stereocenters. The van der Waals surface area contributed by atoms with Crippen LogP contribution in [0, 0.1) is 20.2 Å². The average molecular weight is 622 g/mol. The van der Waals surface area contributed by atoms with Crippen LogP contribution in [-0.4, -0.2) is 40.8 Å². The van der Waals surface area contributed by atoms with Crippen LogP contribution in [0.5, 0.6) is 0 Å². The lowest BCUT2D eigenvalue weighted by Crippen LogP contribution is -2.58. The number of hydrogen-bond acceptors (Lipinski definition) is 11. The number of nitrogens with one attached hydrogen (secondary N) is 1. The van der Waals surface area contributed by atoms with Crippen LogP contribution in [0.4, 0.5) is 22.7 Å². The highest BCUT2D eigenvalue weighted by Crippen LogP contribution is 2.62. The molecule has 2 aliphatic rings. The highest BCUT2D eigenvalue weighted by molar-refractivity contribution is 6.07. The van der Waals surface area contributed by atoms with Crippen LogP contribution in [-0.2, 0) is 30.3 Å². The molecule has 0 unspecified atom stereocenters. The zero-order valence-electron chi connectivity index (χ0n) is 24.4.